The molecule has 0 bridgehead atoms. The Morgan fingerprint density at radius 3 is 1.95 bits per heavy atom. The van der Waals surface area contributed by atoms with E-state index in [4.69, 9.17) is 10.8 Å². The molecule has 20 heavy (non-hydrogen) atoms. The van der Waals surface area contributed by atoms with Crippen molar-refractivity contribution in [3.05, 3.63) is 0 Å². The van der Waals surface area contributed by atoms with Crippen molar-refractivity contribution < 1.29 is 24.2 Å². The van der Waals surface area contributed by atoms with Crippen LogP contribution < -0.4 is 11.1 Å². The highest BCUT2D eigenvalue weighted by atomic mass is 31.2. The van der Waals surface area contributed by atoms with Gasteiger partial charge in [0.15, 0.2) is 0 Å². The molecule has 0 radical (unpaired) electrons. The van der Waals surface area contributed by atoms with Crippen molar-refractivity contribution in [1.29, 1.82) is 0 Å². The summed E-state index contributed by atoms with van der Waals surface area (Å²) in [5.41, 5.74) is 4.40. The summed E-state index contributed by atoms with van der Waals surface area (Å²) in [4.78, 5) is 32.6. The van der Waals surface area contributed by atoms with E-state index in [1.165, 1.54) is 0 Å². The molecule has 3 atom stereocenters. The monoisotopic (exact) mass is 308 g/mol. The van der Waals surface area contributed by atoms with Crippen LogP contribution in [0.4, 0.5) is 4.79 Å². The molecule has 118 valence electrons. The Kier molecular flexibility index (Phi) is 7.41. The molecule has 0 heterocycles. The summed E-state index contributed by atoms with van der Waals surface area (Å²) in [6.07, 6.45) is 0.392. The fourth-order valence-corrected chi connectivity index (χ4v) is 3.06. The molecule has 8 heteroatoms. The molecule has 0 aromatic heterocycles. The van der Waals surface area contributed by atoms with E-state index in [0.717, 1.165) is 0 Å². The van der Waals surface area contributed by atoms with Crippen LogP contribution in [0.15, 0.2) is 0 Å². The van der Waals surface area contributed by atoms with Crippen LogP contribution in [0.2, 0.25) is 0 Å². The lowest BCUT2D eigenvalue weighted by Crippen LogP contribution is -2.42. The van der Waals surface area contributed by atoms with E-state index in [1.807, 2.05) is 13.8 Å². The average molecular weight is 308 g/mol. The number of amides is 1. The molecule has 0 fully saturated rings. The van der Waals surface area contributed by atoms with Gasteiger partial charge < -0.3 is 21.1 Å². The number of carbonyl (C=O) groups is 2. The molecule has 0 rings (SSSR count). The van der Waals surface area contributed by atoms with Gasteiger partial charge in [-0.25, -0.2) is 4.79 Å². The van der Waals surface area contributed by atoms with Gasteiger partial charge in [0, 0.05) is 0 Å². The molecule has 0 spiro atoms. The van der Waals surface area contributed by atoms with Gasteiger partial charge in [-0.15, -0.1) is 0 Å². The summed E-state index contributed by atoms with van der Waals surface area (Å²) in [6, 6.07) is -1.19. The summed E-state index contributed by atoms with van der Waals surface area (Å²) in [7, 11) is -4.30. The van der Waals surface area contributed by atoms with Crippen LogP contribution in [-0.2, 0) is 9.36 Å². The molecule has 0 aliphatic heterocycles. The number of hydrogen-bond acceptors (Lipinski definition) is 4. The SMILES string of the molecule is CC(C)CC(N)P(=O)(O)C(=O)N[C@H](CC(C)C)C(=O)O. The third-order valence-corrected chi connectivity index (χ3v) is 4.58. The van der Waals surface area contributed by atoms with Crippen molar-refractivity contribution in [2.45, 2.75) is 52.4 Å². The zero-order chi connectivity index (χ0) is 16.1. The lowest BCUT2D eigenvalue weighted by molar-refractivity contribution is -0.139. The van der Waals surface area contributed by atoms with Crippen molar-refractivity contribution in [3.63, 3.8) is 0 Å². The fraction of sp³-hybridized carbons (Fsp3) is 0.833. The van der Waals surface area contributed by atoms with E-state index in [1.54, 1.807) is 13.8 Å². The van der Waals surface area contributed by atoms with Crippen LogP contribution in [0.5, 0.6) is 0 Å². The van der Waals surface area contributed by atoms with E-state index in [9.17, 15) is 19.0 Å². The summed E-state index contributed by atoms with van der Waals surface area (Å²) in [6.45, 7) is 7.23. The molecular formula is C12H25N2O5P. The van der Waals surface area contributed by atoms with E-state index in [-0.39, 0.29) is 24.7 Å². The Bertz CT molecular complexity index is 397. The molecule has 7 nitrogen and oxygen atoms in total. The van der Waals surface area contributed by atoms with Crippen molar-refractivity contribution in [3.8, 4) is 0 Å². The maximum Gasteiger partial charge on any atom is 0.326 e. The highest BCUT2D eigenvalue weighted by Gasteiger charge is 2.38. The smallest absolute Gasteiger partial charge is 0.326 e. The van der Waals surface area contributed by atoms with Crippen LogP contribution in [0.25, 0.3) is 0 Å². The molecule has 0 aromatic rings. The van der Waals surface area contributed by atoms with Gasteiger partial charge in [0.1, 0.15) is 6.04 Å². The Morgan fingerprint density at radius 2 is 1.60 bits per heavy atom. The zero-order valence-corrected chi connectivity index (χ0v) is 13.3. The molecule has 1 amide bonds. The molecule has 2 unspecified atom stereocenters. The first-order chi connectivity index (χ1) is 8.98. The van der Waals surface area contributed by atoms with Gasteiger partial charge in [0.2, 0.25) is 0 Å². The first kappa shape index (κ1) is 19.1. The first-order valence-corrected chi connectivity index (χ1v) is 8.33. The number of carboxylic acid groups (broad SMARTS) is 1. The molecular weight excluding hydrogens is 283 g/mol. The van der Waals surface area contributed by atoms with Crippen LogP contribution in [0.3, 0.4) is 0 Å². The minimum Gasteiger partial charge on any atom is -0.480 e. The zero-order valence-electron chi connectivity index (χ0n) is 12.4. The van der Waals surface area contributed by atoms with Gasteiger partial charge in [-0.3, -0.25) is 9.36 Å². The molecule has 0 aliphatic rings. The minimum atomic E-state index is -4.30. The van der Waals surface area contributed by atoms with Crippen molar-refractivity contribution >= 4 is 19.0 Å². The van der Waals surface area contributed by atoms with E-state index >= 15 is 0 Å². The van der Waals surface area contributed by atoms with Crippen molar-refractivity contribution in [2.75, 3.05) is 0 Å². The van der Waals surface area contributed by atoms with Gasteiger partial charge in [0.05, 0.1) is 5.78 Å². The second-order valence-corrected chi connectivity index (χ2v) is 8.10. The summed E-state index contributed by atoms with van der Waals surface area (Å²) >= 11 is 0. The van der Waals surface area contributed by atoms with Gasteiger partial charge in [-0.05, 0) is 24.7 Å². The van der Waals surface area contributed by atoms with Crippen LogP contribution in [0.1, 0.15) is 40.5 Å². The van der Waals surface area contributed by atoms with E-state index in [0.29, 0.717) is 0 Å². The Labute approximate surface area is 119 Å². The summed E-state index contributed by atoms with van der Waals surface area (Å²) < 4.78 is 12.0. The Hall–Kier alpha value is -0.910. The maximum atomic E-state index is 12.0. The molecule has 0 saturated carbocycles. The number of rotatable bonds is 8. The minimum absolute atomic E-state index is 0.0267. The van der Waals surface area contributed by atoms with Gasteiger partial charge in [-0.2, -0.15) is 0 Å². The number of carboxylic acids is 1. The topological polar surface area (TPSA) is 130 Å². The lowest BCUT2D eigenvalue weighted by Gasteiger charge is -2.22. The predicted octanol–water partition coefficient (Wildman–Crippen LogP) is 1.80. The third kappa shape index (κ3) is 6.03. The number of nitrogens with two attached hydrogens (primary N) is 1. The normalized spacial score (nSPS) is 17.6. The Morgan fingerprint density at radius 1 is 1.15 bits per heavy atom. The van der Waals surface area contributed by atoms with Crippen molar-refractivity contribution in [2.24, 2.45) is 17.6 Å². The van der Waals surface area contributed by atoms with Crippen molar-refractivity contribution in [1.82, 2.24) is 5.32 Å². The molecule has 0 aromatic carbocycles. The highest BCUT2D eigenvalue weighted by molar-refractivity contribution is 7.75. The molecule has 0 saturated heterocycles. The largest absolute Gasteiger partial charge is 0.480 e. The highest BCUT2D eigenvalue weighted by Crippen LogP contribution is 2.46. The van der Waals surface area contributed by atoms with E-state index < -0.39 is 30.8 Å². The molecule has 0 aliphatic carbocycles. The quantitative estimate of drug-likeness (QED) is 0.506. The van der Waals surface area contributed by atoms with Crippen LogP contribution in [-0.4, -0.2) is 33.4 Å². The maximum absolute atomic E-state index is 12.0. The van der Waals surface area contributed by atoms with Crippen LogP contribution in [0, 0.1) is 11.8 Å². The summed E-state index contributed by atoms with van der Waals surface area (Å²) in [5.74, 6) is -2.33. The number of nitrogens with one attached hydrogen (secondary N) is 1. The third-order valence-electron chi connectivity index (χ3n) is 2.76. The van der Waals surface area contributed by atoms with Crippen LogP contribution >= 0.6 is 7.37 Å². The second kappa shape index (κ2) is 7.76. The lowest BCUT2D eigenvalue weighted by atomic mass is 10.0. The van der Waals surface area contributed by atoms with Gasteiger partial charge >= 0.3 is 19.0 Å². The predicted molar refractivity (Wildman–Crippen MR) is 76.7 cm³/mol. The average Bonchev–Trinajstić information content (AvgIpc) is 2.25. The van der Waals surface area contributed by atoms with Gasteiger partial charge in [0.25, 0.3) is 0 Å². The molecule has 5 N–H and O–H groups in total. The first-order valence-electron chi connectivity index (χ1n) is 6.60. The number of aliphatic carboxylic acids is 1. The standard InChI is InChI=1S/C12H25N2O5P/c1-7(2)5-9(11(15)16)14-12(17)20(18,19)10(13)6-8(3)4/h7-10H,5-6,13H2,1-4H3,(H,14,17)(H,15,16)(H,18,19)/t9-,10?/m1/s1. The fourth-order valence-electron chi connectivity index (χ4n) is 1.71. The number of carbonyl (C=O) groups excluding carboxylic acids is 1. The Balaban J connectivity index is 4.86. The van der Waals surface area contributed by atoms with Gasteiger partial charge in [-0.1, -0.05) is 27.7 Å². The van der Waals surface area contributed by atoms with E-state index in [2.05, 4.69) is 5.32 Å². The number of hydrogen-bond donors (Lipinski definition) is 4. The second-order valence-electron chi connectivity index (χ2n) is 5.79. The summed E-state index contributed by atoms with van der Waals surface area (Å²) in [5, 5.41) is 11.1.